The van der Waals surface area contributed by atoms with E-state index in [-0.39, 0.29) is 10.5 Å². The van der Waals surface area contributed by atoms with Crippen LogP contribution >= 0.6 is 0 Å². The smallest absolute Gasteiger partial charge is 0.250 e. The Hall–Kier alpha value is -4.38. The molecule has 43 heavy (non-hydrogen) atoms. The fourth-order valence-corrected chi connectivity index (χ4v) is 6.88. The molecule has 0 spiro atoms. The first kappa shape index (κ1) is 30.1. The lowest BCUT2D eigenvalue weighted by Crippen LogP contribution is -2.38. The molecule has 11 heteroatoms. The van der Waals surface area contributed by atoms with Crippen LogP contribution in [0.3, 0.4) is 0 Å². The molecule has 226 valence electrons. The predicted molar refractivity (Wildman–Crippen MR) is 167 cm³/mol. The maximum Gasteiger partial charge on any atom is 0.250 e. The highest BCUT2D eigenvalue weighted by atomic mass is 32.2. The minimum atomic E-state index is -3.68. The third-order valence-electron chi connectivity index (χ3n) is 7.80. The number of amides is 1. The first-order valence-corrected chi connectivity index (χ1v) is 15.8. The second kappa shape index (κ2) is 12.1. The maximum atomic E-state index is 15.5. The molecule has 1 fully saturated rings. The Morgan fingerprint density at radius 2 is 1.91 bits per heavy atom. The van der Waals surface area contributed by atoms with Crippen LogP contribution < -0.4 is 21.5 Å². The van der Waals surface area contributed by atoms with Gasteiger partial charge in [0, 0.05) is 35.1 Å². The van der Waals surface area contributed by atoms with E-state index < -0.39 is 38.9 Å². The second-order valence-electron chi connectivity index (χ2n) is 10.9. The van der Waals surface area contributed by atoms with E-state index in [0.717, 1.165) is 10.8 Å². The van der Waals surface area contributed by atoms with Gasteiger partial charge in [0.25, 0.3) is 0 Å². The Bertz CT molecular complexity index is 1780. The standard InChI is InChI=1S/C32H36FN5O4S/c1-4-42-23-9-11-27(33)25(18-23)30(37-22-8-10-24-20(16-22)13-14-36-31(24)35)32(39)38-15-5-6-28(38)26-17-21(34)7-12-29(26)43(40,41)19(2)3/h7-14,16-19,28,30,37H,4-6,15,34H2,1-3H3,(H2,35,36)/t28-,30+/m0/s1. The number of carbonyl (C=O) groups is 1. The zero-order chi connectivity index (χ0) is 30.9. The van der Waals surface area contributed by atoms with E-state index in [0.29, 0.717) is 54.5 Å². The molecule has 0 unspecified atom stereocenters. The van der Waals surface area contributed by atoms with Crippen LogP contribution in [0, 0.1) is 5.82 Å². The Morgan fingerprint density at radius 3 is 2.65 bits per heavy atom. The molecule has 5 rings (SSSR count). The molecule has 3 aromatic carbocycles. The summed E-state index contributed by atoms with van der Waals surface area (Å²) in [5.41, 5.74) is 13.7. The number of hydrogen-bond acceptors (Lipinski definition) is 8. The molecule has 9 nitrogen and oxygen atoms in total. The number of nitrogen functional groups attached to an aromatic ring is 2. The van der Waals surface area contributed by atoms with E-state index in [1.807, 2.05) is 13.0 Å². The molecule has 5 N–H and O–H groups in total. The molecular formula is C32H36FN5O4S. The summed E-state index contributed by atoms with van der Waals surface area (Å²) in [6.45, 7) is 5.80. The monoisotopic (exact) mass is 605 g/mol. The van der Waals surface area contributed by atoms with Crippen LogP contribution in [0.2, 0.25) is 0 Å². The van der Waals surface area contributed by atoms with Crippen LogP contribution in [0.25, 0.3) is 10.8 Å². The fourth-order valence-electron chi connectivity index (χ4n) is 5.59. The summed E-state index contributed by atoms with van der Waals surface area (Å²) in [4.78, 5) is 20.4. The lowest BCUT2D eigenvalue weighted by molar-refractivity contribution is -0.133. The first-order chi connectivity index (χ1) is 20.5. The van der Waals surface area contributed by atoms with Gasteiger partial charge in [-0.25, -0.2) is 17.8 Å². The van der Waals surface area contributed by atoms with Gasteiger partial charge in [0.05, 0.1) is 22.8 Å². The van der Waals surface area contributed by atoms with Crippen molar-refractivity contribution in [2.24, 2.45) is 0 Å². The highest BCUT2D eigenvalue weighted by Gasteiger charge is 2.38. The maximum absolute atomic E-state index is 15.5. The van der Waals surface area contributed by atoms with E-state index in [1.54, 1.807) is 55.3 Å². The van der Waals surface area contributed by atoms with Crippen molar-refractivity contribution in [1.82, 2.24) is 9.88 Å². The number of rotatable bonds is 9. The van der Waals surface area contributed by atoms with Gasteiger partial charge in [-0.2, -0.15) is 0 Å². The van der Waals surface area contributed by atoms with E-state index in [9.17, 15) is 13.2 Å². The highest BCUT2D eigenvalue weighted by molar-refractivity contribution is 7.92. The normalized spacial score (nSPS) is 16.0. The van der Waals surface area contributed by atoms with Crippen LogP contribution in [-0.4, -0.2) is 42.6 Å². The van der Waals surface area contributed by atoms with Crippen molar-refractivity contribution in [3.63, 3.8) is 0 Å². The zero-order valence-corrected chi connectivity index (χ0v) is 25.2. The number of fused-ring (bicyclic) bond motifs is 1. The lowest BCUT2D eigenvalue weighted by atomic mass is 10.00. The molecule has 0 bridgehead atoms. The van der Waals surface area contributed by atoms with Crippen molar-refractivity contribution in [2.45, 2.75) is 55.8 Å². The van der Waals surface area contributed by atoms with Gasteiger partial charge in [0.15, 0.2) is 9.84 Å². The van der Waals surface area contributed by atoms with Gasteiger partial charge in [0.1, 0.15) is 23.4 Å². The molecular weight excluding hydrogens is 569 g/mol. The number of sulfone groups is 1. The van der Waals surface area contributed by atoms with Gasteiger partial charge in [-0.1, -0.05) is 0 Å². The number of halogens is 1. The Balaban J connectivity index is 1.59. The number of likely N-dealkylation sites (tertiary alicyclic amines) is 1. The molecule has 1 aliphatic rings. The van der Waals surface area contributed by atoms with Gasteiger partial charge in [-0.15, -0.1) is 0 Å². The fraction of sp³-hybridized carbons (Fsp3) is 0.312. The van der Waals surface area contributed by atoms with E-state index in [4.69, 9.17) is 16.2 Å². The summed E-state index contributed by atoms with van der Waals surface area (Å²) in [5.74, 6) is -0.178. The van der Waals surface area contributed by atoms with Crippen LogP contribution in [0.4, 0.5) is 21.6 Å². The quantitative estimate of drug-likeness (QED) is 0.208. The van der Waals surface area contributed by atoms with Gasteiger partial charge in [-0.3, -0.25) is 4.79 Å². The second-order valence-corrected chi connectivity index (χ2v) is 13.4. The molecule has 0 aliphatic carbocycles. The van der Waals surface area contributed by atoms with Crippen molar-refractivity contribution in [3.05, 3.63) is 83.8 Å². The number of nitrogens with two attached hydrogens (primary N) is 2. The van der Waals surface area contributed by atoms with Crippen molar-refractivity contribution in [2.75, 3.05) is 29.9 Å². The van der Waals surface area contributed by atoms with Crippen LogP contribution in [0.5, 0.6) is 5.75 Å². The molecule has 1 amide bonds. The number of nitrogens with one attached hydrogen (secondary N) is 1. The number of hydrogen-bond donors (Lipinski definition) is 3. The molecule has 2 heterocycles. The van der Waals surface area contributed by atoms with Gasteiger partial charge in [0.2, 0.25) is 5.91 Å². The summed E-state index contributed by atoms with van der Waals surface area (Å²) >= 11 is 0. The lowest BCUT2D eigenvalue weighted by Gasteiger charge is -2.32. The van der Waals surface area contributed by atoms with Gasteiger partial charge < -0.3 is 26.4 Å². The van der Waals surface area contributed by atoms with E-state index in [2.05, 4.69) is 10.3 Å². The van der Waals surface area contributed by atoms with Crippen LogP contribution in [0.15, 0.2) is 71.8 Å². The third-order valence-corrected chi connectivity index (χ3v) is 10.0. The van der Waals surface area contributed by atoms with Gasteiger partial charge >= 0.3 is 0 Å². The minimum absolute atomic E-state index is 0.110. The zero-order valence-electron chi connectivity index (χ0n) is 24.4. The number of benzene rings is 3. The third kappa shape index (κ3) is 5.94. The SMILES string of the molecule is CCOc1ccc(F)c([C@@H](Nc2ccc3c(N)nccc3c2)C(=O)N2CCC[C@H]2c2cc(N)ccc2S(=O)(=O)C(C)C)c1. The largest absolute Gasteiger partial charge is 0.494 e. The molecule has 1 aliphatic heterocycles. The minimum Gasteiger partial charge on any atom is -0.494 e. The van der Waals surface area contributed by atoms with Gasteiger partial charge in [-0.05, 0) is 105 Å². The van der Waals surface area contributed by atoms with Crippen LogP contribution in [0.1, 0.15) is 56.8 Å². The number of pyridine rings is 1. The van der Waals surface area contributed by atoms with Crippen molar-refractivity contribution >= 4 is 43.7 Å². The molecule has 1 aromatic heterocycles. The molecule has 4 aromatic rings. The summed E-state index contributed by atoms with van der Waals surface area (Å²) in [6.07, 6.45) is 2.77. The number of anilines is 3. The summed E-state index contributed by atoms with van der Waals surface area (Å²) < 4.78 is 47.8. The summed E-state index contributed by atoms with van der Waals surface area (Å²) in [5, 5.41) is 4.14. The highest BCUT2D eigenvalue weighted by Crippen LogP contribution is 2.40. The average molecular weight is 606 g/mol. The Kier molecular flexibility index (Phi) is 8.45. The van der Waals surface area contributed by atoms with Crippen molar-refractivity contribution in [1.29, 1.82) is 0 Å². The Morgan fingerprint density at radius 1 is 1.12 bits per heavy atom. The van der Waals surface area contributed by atoms with Crippen LogP contribution in [-0.2, 0) is 14.6 Å². The average Bonchev–Trinajstić information content (AvgIpc) is 3.47. The van der Waals surface area contributed by atoms with E-state index in [1.165, 1.54) is 24.3 Å². The first-order valence-electron chi connectivity index (χ1n) is 14.3. The number of ether oxygens (including phenoxy) is 1. The molecule has 0 radical (unpaired) electrons. The van der Waals surface area contributed by atoms with Crippen molar-refractivity contribution < 1.29 is 22.3 Å². The molecule has 0 saturated carbocycles. The summed E-state index contributed by atoms with van der Waals surface area (Å²) in [6, 6.07) is 14.5. The number of nitrogens with zero attached hydrogens (tertiary/aromatic N) is 2. The molecule has 1 saturated heterocycles. The molecule has 2 atom stereocenters. The van der Waals surface area contributed by atoms with E-state index >= 15 is 4.39 Å². The number of carbonyl (C=O) groups excluding carboxylic acids is 1. The van der Waals surface area contributed by atoms with Crippen molar-refractivity contribution in [3.8, 4) is 5.75 Å². The summed E-state index contributed by atoms with van der Waals surface area (Å²) in [7, 11) is -3.68. The number of aromatic nitrogens is 1. The predicted octanol–water partition coefficient (Wildman–Crippen LogP) is 5.64. The topological polar surface area (TPSA) is 141 Å². The Labute approximate surface area is 251 Å².